The lowest BCUT2D eigenvalue weighted by Crippen LogP contribution is -2.49. The van der Waals surface area contributed by atoms with Crippen LogP contribution < -0.4 is 5.32 Å². The van der Waals surface area contributed by atoms with E-state index in [9.17, 15) is 13.6 Å². The Bertz CT molecular complexity index is 248. The number of alkyl halides is 2. The Morgan fingerprint density at radius 1 is 1.47 bits per heavy atom. The summed E-state index contributed by atoms with van der Waals surface area (Å²) in [6.45, 7) is 5.29. The molecule has 0 amide bonds. The summed E-state index contributed by atoms with van der Waals surface area (Å²) < 4.78 is 31.0. The predicted molar refractivity (Wildman–Crippen MR) is 51.8 cm³/mol. The zero-order valence-corrected chi connectivity index (χ0v) is 9.27. The van der Waals surface area contributed by atoms with Crippen molar-refractivity contribution in [2.24, 2.45) is 0 Å². The molecule has 1 saturated heterocycles. The van der Waals surface area contributed by atoms with Crippen molar-refractivity contribution in [1.29, 1.82) is 0 Å². The SMILES string of the molecule is CC(C)(C)OC(=O)C1CC(F)(F)CCN1. The van der Waals surface area contributed by atoms with Crippen LogP contribution in [0.3, 0.4) is 0 Å². The van der Waals surface area contributed by atoms with Crippen LogP contribution in [0.15, 0.2) is 0 Å². The number of hydrogen-bond acceptors (Lipinski definition) is 3. The van der Waals surface area contributed by atoms with E-state index in [0.29, 0.717) is 0 Å². The Balaban J connectivity index is 2.53. The highest BCUT2D eigenvalue weighted by atomic mass is 19.3. The molecular formula is C10H17F2NO2. The number of ether oxygens (including phenoxy) is 1. The Hall–Kier alpha value is -0.710. The van der Waals surface area contributed by atoms with E-state index in [1.54, 1.807) is 20.8 Å². The first kappa shape index (κ1) is 12.4. The maximum atomic E-state index is 13.0. The third-order valence-corrected chi connectivity index (χ3v) is 2.08. The lowest BCUT2D eigenvalue weighted by Gasteiger charge is -2.30. The monoisotopic (exact) mass is 221 g/mol. The van der Waals surface area contributed by atoms with Crippen LogP contribution in [0.2, 0.25) is 0 Å². The average molecular weight is 221 g/mol. The quantitative estimate of drug-likeness (QED) is 0.685. The van der Waals surface area contributed by atoms with E-state index in [2.05, 4.69) is 5.32 Å². The molecular weight excluding hydrogens is 204 g/mol. The van der Waals surface area contributed by atoms with Crippen molar-refractivity contribution in [3.05, 3.63) is 0 Å². The Labute approximate surface area is 88.2 Å². The molecule has 3 nitrogen and oxygen atoms in total. The summed E-state index contributed by atoms with van der Waals surface area (Å²) in [4.78, 5) is 11.5. The summed E-state index contributed by atoms with van der Waals surface area (Å²) in [7, 11) is 0. The highest BCUT2D eigenvalue weighted by molar-refractivity contribution is 5.76. The van der Waals surface area contributed by atoms with Gasteiger partial charge in [-0.25, -0.2) is 8.78 Å². The molecule has 15 heavy (non-hydrogen) atoms. The largest absolute Gasteiger partial charge is 0.459 e. The summed E-state index contributed by atoms with van der Waals surface area (Å²) >= 11 is 0. The fourth-order valence-electron chi connectivity index (χ4n) is 1.44. The van der Waals surface area contributed by atoms with E-state index in [0.717, 1.165) is 0 Å². The number of rotatable bonds is 1. The predicted octanol–water partition coefficient (Wildman–Crippen LogP) is 1.72. The van der Waals surface area contributed by atoms with Gasteiger partial charge in [-0.05, 0) is 20.8 Å². The number of halogens is 2. The van der Waals surface area contributed by atoms with Crippen molar-refractivity contribution < 1.29 is 18.3 Å². The molecule has 0 saturated carbocycles. The minimum Gasteiger partial charge on any atom is -0.459 e. The summed E-state index contributed by atoms with van der Waals surface area (Å²) in [5, 5.41) is 2.74. The Morgan fingerprint density at radius 2 is 2.07 bits per heavy atom. The molecule has 1 heterocycles. The van der Waals surface area contributed by atoms with Gasteiger partial charge in [0.1, 0.15) is 11.6 Å². The van der Waals surface area contributed by atoms with Crippen LogP contribution in [0.1, 0.15) is 33.6 Å². The van der Waals surface area contributed by atoms with Crippen LogP contribution in [0.5, 0.6) is 0 Å². The topological polar surface area (TPSA) is 38.3 Å². The van der Waals surface area contributed by atoms with Gasteiger partial charge >= 0.3 is 5.97 Å². The molecule has 0 aromatic carbocycles. The molecule has 1 N–H and O–H groups in total. The number of hydrogen-bond donors (Lipinski definition) is 1. The van der Waals surface area contributed by atoms with Crippen molar-refractivity contribution in [2.45, 2.75) is 51.2 Å². The number of esters is 1. The summed E-state index contributed by atoms with van der Waals surface area (Å²) in [5.74, 6) is -3.35. The molecule has 0 spiro atoms. The molecule has 88 valence electrons. The molecule has 1 fully saturated rings. The Kier molecular flexibility index (Phi) is 3.33. The van der Waals surface area contributed by atoms with Crippen molar-refractivity contribution in [1.82, 2.24) is 5.32 Å². The van der Waals surface area contributed by atoms with Crippen LogP contribution in [0.25, 0.3) is 0 Å². The molecule has 0 aliphatic carbocycles. The lowest BCUT2D eigenvalue weighted by molar-refractivity contribution is -0.162. The number of nitrogens with one attached hydrogen (secondary N) is 1. The maximum absolute atomic E-state index is 13.0. The average Bonchev–Trinajstić information content (AvgIpc) is 1.99. The molecule has 1 unspecified atom stereocenters. The van der Waals surface area contributed by atoms with Crippen LogP contribution in [-0.2, 0) is 9.53 Å². The zero-order valence-electron chi connectivity index (χ0n) is 9.27. The summed E-state index contributed by atoms with van der Waals surface area (Å²) in [5.41, 5.74) is -0.633. The minimum atomic E-state index is -2.76. The molecule has 0 aromatic heterocycles. The summed E-state index contributed by atoms with van der Waals surface area (Å²) in [6.07, 6.45) is -0.686. The highest BCUT2D eigenvalue weighted by Crippen LogP contribution is 2.28. The van der Waals surface area contributed by atoms with Crippen molar-refractivity contribution in [2.75, 3.05) is 6.54 Å². The van der Waals surface area contributed by atoms with Gasteiger partial charge in [-0.1, -0.05) is 0 Å². The first-order valence-corrected chi connectivity index (χ1v) is 5.04. The minimum absolute atomic E-state index is 0.150. The van der Waals surface area contributed by atoms with E-state index < -0.39 is 30.0 Å². The lowest BCUT2D eigenvalue weighted by atomic mass is 10.0. The van der Waals surface area contributed by atoms with Gasteiger partial charge in [0, 0.05) is 19.4 Å². The first-order chi connectivity index (χ1) is 6.70. The van der Waals surface area contributed by atoms with Gasteiger partial charge in [-0.2, -0.15) is 0 Å². The maximum Gasteiger partial charge on any atom is 0.323 e. The van der Waals surface area contributed by atoms with Gasteiger partial charge in [-0.15, -0.1) is 0 Å². The fourth-order valence-corrected chi connectivity index (χ4v) is 1.44. The third-order valence-electron chi connectivity index (χ3n) is 2.08. The highest BCUT2D eigenvalue weighted by Gasteiger charge is 2.40. The van der Waals surface area contributed by atoms with Crippen molar-refractivity contribution >= 4 is 5.97 Å². The molecule has 1 atom stereocenters. The molecule has 5 heteroatoms. The van der Waals surface area contributed by atoms with Gasteiger partial charge in [0.25, 0.3) is 5.92 Å². The second kappa shape index (κ2) is 4.04. The second-order valence-corrected chi connectivity index (χ2v) is 4.85. The van der Waals surface area contributed by atoms with Crippen LogP contribution in [0.4, 0.5) is 8.78 Å². The standard InChI is InChI=1S/C10H17F2NO2/c1-9(2,3)15-8(14)7-6-10(11,12)4-5-13-7/h7,13H,4-6H2,1-3H3. The number of carbonyl (C=O) groups excluding carboxylic acids is 1. The molecule has 0 radical (unpaired) electrons. The molecule has 1 rings (SSSR count). The number of carbonyl (C=O) groups is 1. The molecule has 1 aliphatic rings. The van der Waals surface area contributed by atoms with Crippen molar-refractivity contribution in [3.63, 3.8) is 0 Å². The van der Waals surface area contributed by atoms with E-state index in [-0.39, 0.29) is 13.0 Å². The third kappa shape index (κ3) is 4.11. The van der Waals surface area contributed by atoms with Crippen LogP contribution >= 0.6 is 0 Å². The van der Waals surface area contributed by atoms with Gasteiger partial charge in [-0.3, -0.25) is 4.79 Å². The van der Waals surface area contributed by atoms with Crippen LogP contribution in [0, 0.1) is 0 Å². The Morgan fingerprint density at radius 3 is 2.53 bits per heavy atom. The van der Waals surface area contributed by atoms with Gasteiger partial charge in [0.2, 0.25) is 0 Å². The van der Waals surface area contributed by atoms with E-state index in [1.807, 2.05) is 0 Å². The van der Waals surface area contributed by atoms with Gasteiger partial charge in [0.15, 0.2) is 0 Å². The smallest absolute Gasteiger partial charge is 0.323 e. The molecule has 1 aliphatic heterocycles. The van der Waals surface area contributed by atoms with Gasteiger partial charge < -0.3 is 10.1 Å². The first-order valence-electron chi connectivity index (χ1n) is 5.04. The normalized spacial score (nSPS) is 26.1. The molecule has 0 aromatic rings. The summed E-state index contributed by atoms with van der Waals surface area (Å²) in [6, 6.07) is -0.882. The van der Waals surface area contributed by atoms with E-state index in [4.69, 9.17) is 4.74 Å². The van der Waals surface area contributed by atoms with E-state index >= 15 is 0 Å². The number of piperidine rings is 1. The fraction of sp³-hybridized carbons (Fsp3) is 0.900. The van der Waals surface area contributed by atoms with Crippen LogP contribution in [-0.4, -0.2) is 30.1 Å². The van der Waals surface area contributed by atoms with E-state index in [1.165, 1.54) is 0 Å². The zero-order chi connectivity index (χ0) is 11.7. The van der Waals surface area contributed by atoms with Crippen molar-refractivity contribution in [3.8, 4) is 0 Å². The van der Waals surface area contributed by atoms with Gasteiger partial charge in [0.05, 0.1) is 0 Å². The second-order valence-electron chi connectivity index (χ2n) is 4.85. The molecule has 0 bridgehead atoms.